The first-order chi connectivity index (χ1) is 11.4. The third-order valence-corrected chi connectivity index (χ3v) is 10.1. The number of hydrogen-bond acceptors (Lipinski definition) is 3. The van der Waals surface area contributed by atoms with Gasteiger partial charge in [0.15, 0.2) is 0 Å². The fourth-order valence-corrected chi connectivity index (χ4v) is 8.98. The van der Waals surface area contributed by atoms with Gasteiger partial charge >= 0.3 is 0 Å². The lowest BCUT2D eigenvalue weighted by Crippen LogP contribution is -2.29. The van der Waals surface area contributed by atoms with Crippen molar-refractivity contribution in [3.63, 3.8) is 0 Å². The smallest absolute Gasteiger partial charge is 0.0497 e. The highest BCUT2D eigenvalue weighted by molar-refractivity contribution is 7.99. The van der Waals surface area contributed by atoms with E-state index in [9.17, 15) is 0 Å². The maximum atomic E-state index is 3.76. The van der Waals surface area contributed by atoms with Crippen LogP contribution in [0.4, 0.5) is 0 Å². The Bertz CT molecular complexity index is 516. The highest BCUT2D eigenvalue weighted by Crippen LogP contribution is 2.40. The Morgan fingerprint density at radius 2 is 1.48 bits per heavy atom. The van der Waals surface area contributed by atoms with Crippen LogP contribution in [0.3, 0.4) is 0 Å². The lowest BCUT2D eigenvalue weighted by molar-refractivity contribution is 0.766. The first-order valence-electron chi connectivity index (χ1n) is 8.08. The van der Waals surface area contributed by atoms with E-state index < -0.39 is 0 Å². The van der Waals surface area contributed by atoms with Gasteiger partial charge in [-0.3, -0.25) is 10.4 Å². The molecule has 1 fully saturated rings. The zero-order valence-electron chi connectivity index (χ0n) is 13.3. The summed E-state index contributed by atoms with van der Waals surface area (Å²) in [5, 5.41) is 10.3. The predicted octanol–water partition coefficient (Wildman–Crippen LogP) is 3.36. The van der Waals surface area contributed by atoms with E-state index in [4.69, 9.17) is 0 Å². The second kappa shape index (κ2) is 9.77. The highest BCUT2D eigenvalue weighted by Gasteiger charge is 2.16. The van der Waals surface area contributed by atoms with Gasteiger partial charge in [-0.2, -0.15) is 0 Å². The summed E-state index contributed by atoms with van der Waals surface area (Å²) in [5.41, 5.74) is 0. The molecule has 23 heavy (non-hydrogen) atoms. The van der Waals surface area contributed by atoms with Crippen LogP contribution in [0.15, 0.2) is 60.7 Å². The molecule has 2 N–H and O–H groups in total. The molecule has 0 amide bonds. The van der Waals surface area contributed by atoms with Gasteiger partial charge in [0.1, 0.15) is 0 Å². The molecule has 5 heteroatoms. The molecule has 1 aliphatic heterocycles. The van der Waals surface area contributed by atoms with E-state index in [-0.39, 0.29) is 16.0 Å². The zero-order valence-corrected chi connectivity index (χ0v) is 15.9. The van der Waals surface area contributed by atoms with Crippen molar-refractivity contribution in [2.45, 2.75) is 0 Å². The number of nitrogens with one attached hydrogen (secondary N) is 2. The van der Waals surface area contributed by atoms with Crippen LogP contribution in [0, 0.1) is 0 Å². The average molecular weight is 362 g/mol. The maximum Gasteiger partial charge on any atom is 0.0497 e. The van der Waals surface area contributed by atoms with Crippen LogP contribution < -0.4 is 21.0 Å². The van der Waals surface area contributed by atoms with Crippen molar-refractivity contribution in [3.05, 3.63) is 60.7 Å². The van der Waals surface area contributed by atoms with Crippen molar-refractivity contribution in [2.24, 2.45) is 0 Å². The Hall–Kier alpha value is -0.430. The van der Waals surface area contributed by atoms with E-state index in [0.29, 0.717) is 0 Å². The van der Waals surface area contributed by atoms with Gasteiger partial charge in [0.25, 0.3) is 0 Å². The van der Waals surface area contributed by atoms with Gasteiger partial charge in [0.2, 0.25) is 0 Å². The summed E-state index contributed by atoms with van der Waals surface area (Å²) < 4.78 is 0. The first-order valence-corrected chi connectivity index (χ1v) is 12.5. The minimum atomic E-state index is -0.274. The van der Waals surface area contributed by atoms with Gasteiger partial charge in [-0.25, -0.2) is 0 Å². The summed E-state index contributed by atoms with van der Waals surface area (Å²) in [7, 11) is -0.314. The molecule has 0 spiro atoms. The first kappa shape index (κ1) is 17.4. The van der Waals surface area contributed by atoms with Gasteiger partial charge in [-0.05, 0) is 42.9 Å². The van der Waals surface area contributed by atoms with Gasteiger partial charge < -0.3 is 0 Å². The van der Waals surface area contributed by atoms with Crippen molar-refractivity contribution in [1.82, 2.24) is 10.4 Å². The van der Waals surface area contributed by atoms with E-state index in [1.54, 1.807) is 5.30 Å². The van der Waals surface area contributed by atoms with Crippen LogP contribution >= 0.6 is 27.8 Å². The van der Waals surface area contributed by atoms with Gasteiger partial charge in [-0.1, -0.05) is 68.6 Å². The van der Waals surface area contributed by atoms with E-state index in [2.05, 4.69) is 71.1 Å². The van der Waals surface area contributed by atoms with Gasteiger partial charge in [0, 0.05) is 12.5 Å². The van der Waals surface area contributed by atoms with Crippen LogP contribution in [-0.4, -0.2) is 36.8 Å². The summed E-state index contributed by atoms with van der Waals surface area (Å²) >= 11 is 2.03. The van der Waals surface area contributed by atoms with Gasteiger partial charge in [0.05, 0.1) is 0 Å². The molecule has 2 unspecified atom stereocenters. The van der Waals surface area contributed by atoms with Crippen LogP contribution in [0.5, 0.6) is 0 Å². The zero-order chi connectivity index (χ0) is 15.7. The summed E-state index contributed by atoms with van der Waals surface area (Å²) in [4.78, 5) is 0. The van der Waals surface area contributed by atoms with Crippen molar-refractivity contribution in [2.75, 3.05) is 36.8 Å². The van der Waals surface area contributed by atoms with E-state index in [1.165, 1.54) is 29.5 Å². The molecule has 3 rings (SSSR count). The molecule has 2 nitrogen and oxygen atoms in total. The minimum Gasteiger partial charge on any atom is -0.295 e. The fraction of sp³-hybridized carbons (Fsp3) is 0.333. The Morgan fingerprint density at radius 1 is 0.783 bits per heavy atom. The summed E-state index contributed by atoms with van der Waals surface area (Å²) in [6.07, 6.45) is 3.93. The fourth-order valence-electron chi connectivity index (χ4n) is 2.66. The minimum absolute atomic E-state index is 0.0406. The third kappa shape index (κ3) is 5.55. The Balaban J connectivity index is 1.73. The standard InChI is InChI=1S/C18H24N2P2S/c1-3-7-17(8-4-1)21-11-12-22(18-9-5-2-6-10-18)20-15-19-16-23-14-13-21/h1-10,19-20H,11-16H2. The molecular weight excluding hydrogens is 338 g/mol. The summed E-state index contributed by atoms with van der Waals surface area (Å²) in [5.74, 6) is 2.31. The molecule has 0 bridgehead atoms. The quantitative estimate of drug-likeness (QED) is 0.801. The molecule has 0 radical (unpaired) electrons. The van der Waals surface area contributed by atoms with Crippen LogP contribution in [0.1, 0.15) is 0 Å². The molecule has 2 atom stereocenters. The number of rotatable bonds is 2. The van der Waals surface area contributed by atoms with Crippen LogP contribution in [-0.2, 0) is 0 Å². The molecule has 0 aliphatic carbocycles. The largest absolute Gasteiger partial charge is 0.295 e. The molecule has 2 aromatic carbocycles. The topological polar surface area (TPSA) is 24.1 Å². The van der Waals surface area contributed by atoms with Crippen molar-refractivity contribution >= 4 is 38.4 Å². The van der Waals surface area contributed by atoms with Crippen molar-refractivity contribution in [1.29, 1.82) is 0 Å². The van der Waals surface area contributed by atoms with Gasteiger partial charge in [-0.15, -0.1) is 11.8 Å². The Labute approximate surface area is 146 Å². The van der Waals surface area contributed by atoms with E-state index in [0.717, 1.165) is 12.5 Å². The monoisotopic (exact) mass is 362 g/mol. The number of thioether (sulfide) groups is 1. The molecular formula is C18H24N2P2S. The van der Waals surface area contributed by atoms with Crippen LogP contribution in [0.2, 0.25) is 0 Å². The van der Waals surface area contributed by atoms with E-state index in [1.807, 2.05) is 11.8 Å². The third-order valence-electron chi connectivity index (χ3n) is 3.89. The summed E-state index contributed by atoms with van der Waals surface area (Å²) in [6, 6.07) is 22.1. The number of hydrogen-bond donors (Lipinski definition) is 2. The number of benzene rings is 2. The molecule has 0 aromatic heterocycles. The Kier molecular flexibility index (Phi) is 7.39. The maximum absolute atomic E-state index is 3.76. The van der Waals surface area contributed by atoms with Crippen molar-refractivity contribution < 1.29 is 0 Å². The lowest BCUT2D eigenvalue weighted by atomic mass is 10.4. The Morgan fingerprint density at radius 3 is 2.22 bits per heavy atom. The predicted molar refractivity (Wildman–Crippen MR) is 109 cm³/mol. The molecule has 1 saturated heterocycles. The lowest BCUT2D eigenvalue weighted by Gasteiger charge is -2.23. The molecule has 1 aliphatic rings. The molecule has 1 heterocycles. The second-order valence-corrected chi connectivity index (χ2v) is 11.2. The average Bonchev–Trinajstić information content (AvgIpc) is 2.68. The molecule has 2 aromatic rings. The van der Waals surface area contributed by atoms with Crippen LogP contribution in [0.25, 0.3) is 0 Å². The second-order valence-electron chi connectivity index (χ2n) is 5.45. The molecule has 0 saturated carbocycles. The summed E-state index contributed by atoms with van der Waals surface area (Å²) in [6.45, 7) is 0.914. The normalized spacial score (nSPS) is 23.8. The molecule has 122 valence electrons. The van der Waals surface area contributed by atoms with Crippen molar-refractivity contribution in [3.8, 4) is 0 Å². The van der Waals surface area contributed by atoms with E-state index >= 15 is 0 Å². The highest BCUT2D eigenvalue weighted by atomic mass is 32.2. The SMILES string of the molecule is c1ccc(P2CCSCNCNP(c3ccccc3)CC2)cc1.